The van der Waals surface area contributed by atoms with Crippen molar-refractivity contribution >= 4 is 11.9 Å². The van der Waals surface area contributed by atoms with Crippen LogP contribution in [0, 0.1) is 0 Å². The Bertz CT molecular complexity index is 943. The molecule has 1 aliphatic heterocycles. The zero-order valence-electron chi connectivity index (χ0n) is 12.9. The Hall–Kier alpha value is -3.16. The maximum atomic E-state index is 12.7. The summed E-state index contributed by atoms with van der Waals surface area (Å²) in [7, 11) is 1.25. The Morgan fingerprint density at radius 3 is 2.54 bits per heavy atom. The minimum atomic E-state index is -1.14. The number of H-pyrrole nitrogens is 1. The number of rotatable bonds is 2. The molecule has 8 heteroatoms. The van der Waals surface area contributed by atoms with E-state index in [1.54, 1.807) is 0 Å². The molecule has 0 bridgehead atoms. The number of nitrogens with zero attached hydrogens (tertiary/aromatic N) is 2. The maximum Gasteiger partial charge on any atom is 0.328 e. The maximum absolute atomic E-state index is 12.7. The lowest BCUT2D eigenvalue weighted by atomic mass is 9.93. The normalized spacial score (nSPS) is 16.5. The van der Waals surface area contributed by atoms with Crippen LogP contribution in [0.3, 0.4) is 0 Å². The van der Waals surface area contributed by atoms with Gasteiger partial charge in [-0.05, 0) is 11.1 Å². The smallest absolute Gasteiger partial charge is 0.328 e. The van der Waals surface area contributed by atoms with E-state index < -0.39 is 29.2 Å². The third-order valence-electron chi connectivity index (χ3n) is 4.20. The number of carbonyl (C=O) groups is 2. The molecule has 0 aliphatic carbocycles. The first kappa shape index (κ1) is 15.7. The average molecular weight is 329 g/mol. The number of carbonyl (C=O) groups excluding carboxylic acids is 1. The standard InChI is InChI=1S/C16H15N3O5/c1-18-13(20)11(7-17-16(18)24)14(21)19-8-10-5-3-2-4-9(10)6-12(19)15(22)23/h2-5,7,12H,6,8H2,1H3,(H,17,24)(H,22,23). The molecule has 1 aromatic carbocycles. The SMILES string of the molecule is Cn1c(=O)[nH]cc(C(=O)N2Cc3ccccc3CC2C(=O)O)c1=O. The number of carboxylic acids is 1. The second-order valence-corrected chi connectivity index (χ2v) is 5.63. The molecule has 0 radical (unpaired) electrons. The van der Waals surface area contributed by atoms with Gasteiger partial charge in [-0.1, -0.05) is 24.3 Å². The van der Waals surface area contributed by atoms with Crippen LogP contribution < -0.4 is 11.2 Å². The van der Waals surface area contributed by atoms with Crippen molar-refractivity contribution in [3.8, 4) is 0 Å². The second-order valence-electron chi connectivity index (χ2n) is 5.63. The van der Waals surface area contributed by atoms with E-state index >= 15 is 0 Å². The highest BCUT2D eigenvalue weighted by atomic mass is 16.4. The van der Waals surface area contributed by atoms with Crippen molar-refractivity contribution < 1.29 is 14.7 Å². The summed E-state index contributed by atoms with van der Waals surface area (Å²) in [6.45, 7) is 0.0915. The summed E-state index contributed by atoms with van der Waals surface area (Å²) in [5.41, 5.74) is 0.0396. The van der Waals surface area contributed by atoms with Gasteiger partial charge in [0.15, 0.2) is 0 Å². The first-order chi connectivity index (χ1) is 11.4. The van der Waals surface area contributed by atoms with E-state index in [1.165, 1.54) is 7.05 Å². The molecule has 0 saturated carbocycles. The fourth-order valence-electron chi connectivity index (χ4n) is 2.83. The summed E-state index contributed by atoms with van der Waals surface area (Å²) in [5.74, 6) is -1.85. The molecule has 0 saturated heterocycles. The largest absolute Gasteiger partial charge is 0.480 e. The zero-order valence-corrected chi connectivity index (χ0v) is 12.9. The first-order valence-electron chi connectivity index (χ1n) is 7.29. The van der Waals surface area contributed by atoms with E-state index in [-0.39, 0.29) is 18.5 Å². The quantitative estimate of drug-likeness (QED) is 0.787. The number of benzene rings is 1. The first-order valence-corrected chi connectivity index (χ1v) is 7.29. The number of fused-ring (bicyclic) bond motifs is 1. The Morgan fingerprint density at radius 2 is 1.88 bits per heavy atom. The van der Waals surface area contributed by atoms with E-state index in [9.17, 15) is 24.3 Å². The fourth-order valence-corrected chi connectivity index (χ4v) is 2.83. The van der Waals surface area contributed by atoms with Crippen molar-refractivity contribution in [3.63, 3.8) is 0 Å². The molecule has 1 amide bonds. The second kappa shape index (κ2) is 5.80. The van der Waals surface area contributed by atoms with Crippen molar-refractivity contribution in [2.24, 2.45) is 7.05 Å². The van der Waals surface area contributed by atoms with Crippen LogP contribution in [0.1, 0.15) is 21.5 Å². The number of carboxylic acid groups (broad SMARTS) is 1. The Balaban J connectivity index is 2.05. The van der Waals surface area contributed by atoms with Crippen LogP contribution >= 0.6 is 0 Å². The highest BCUT2D eigenvalue weighted by Gasteiger charge is 2.36. The van der Waals surface area contributed by atoms with Crippen molar-refractivity contribution in [1.29, 1.82) is 0 Å². The lowest BCUT2D eigenvalue weighted by Crippen LogP contribution is -2.50. The van der Waals surface area contributed by atoms with Crippen LogP contribution in [-0.4, -0.2) is 37.5 Å². The summed E-state index contributed by atoms with van der Waals surface area (Å²) in [6, 6.07) is 6.20. The van der Waals surface area contributed by atoms with Gasteiger partial charge in [-0.25, -0.2) is 9.59 Å². The monoisotopic (exact) mass is 329 g/mol. The zero-order chi connectivity index (χ0) is 17.4. The molecular weight excluding hydrogens is 314 g/mol. The predicted octanol–water partition coefficient (Wildman–Crippen LogP) is -0.275. The summed E-state index contributed by atoms with van der Waals surface area (Å²) in [6.07, 6.45) is 1.20. The van der Waals surface area contributed by atoms with Gasteiger partial charge in [-0.3, -0.25) is 14.2 Å². The molecule has 2 heterocycles. The molecule has 0 spiro atoms. The molecule has 1 atom stereocenters. The van der Waals surface area contributed by atoms with Gasteiger partial charge in [0.25, 0.3) is 11.5 Å². The van der Waals surface area contributed by atoms with Gasteiger partial charge >= 0.3 is 11.7 Å². The molecule has 2 N–H and O–H groups in total. The molecular formula is C16H15N3O5. The number of aromatic amines is 1. The van der Waals surface area contributed by atoms with Gasteiger partial charge in [-0.15, -0.1) is 0 Å². The number of aromatic nitrogens is 2. The van der Waals surface area contributed by atoms with Gasteiger partial charge in [0.2, 0.25) is 0 Å². The minimum absolute atomic E-state index is 0.0915. The summed E-state index contributed by atoms with van der Waals surface area (Å²) in [4.78, 5) is 51.3. The van der Waals surface area contributed by atoms with Gasteiger partial charge in [0, 0.05) is 26.2 Å². The number of aliphatic carboxylic acids is 1. The minimum Gasteiger partial charge on any atom is -0.480 e. The van der Waals surface area contributed by atoms with E-state index in [0.29, 0.717) is 0 Å². The Labute approximate surface area is 136 Å². The van der Waals surface area contributed by atoms with Crippen LogP contribution in [0.15, 0.2) is 40.1 Å². The van der Waals surface area contributed by atoms with Gasteiger partial charge in [0.05, 0.1) is 0 Å². The Kier molecular flexibility index (Phi) is 3.80. The molecule has 124 valence electrons. The van der Waals surface area contributed by atoms with Crippen molar-refractivity contribution in [2.45, 2.75) is 19.0 Å². The molecule has 2 aromatic rings. The third kappa shape index (κ3) is 2.51. The van der Waals surface area contributed by atoms with E-state index in [2.05, 4.69) is 4.98 Å². The summed E-state index contributed by atoms with van der Waals surface area (Å²) in [5, 5.41) is 9.46. The highest BCUT2D eigenvalue weighted by Crippen LogP contribution is 2.24. The fraction of sp³-hybridized carbons (Fsp3) is 0.250. The van der Waals surface area contributed by atoms with Crippen molar-refractivity contribution in [1.82, 2.24) is 14.5 Å². The van der Waals surface area contributed by atoms with Crippen molar-refractivity contribution in [2.75, 3.05) is 0 Å². The number of hydrogen-bond acceptors (Lipinski definition) is 4. The van der Waals surface area contributed by atoms with Gasteiger partial charge in [-0.2, -0.15) is 0 Å². The number of amides is 1. The molecule has 1 aromatic heterocycles. The Morgan fingerprint density at radius 1 is 1.21 bits per heavy atom. The van der Waals surface area contributed by atoms with E-state index in [4.69, 9.17) is 0 Å². The van der Waals surface area contributed by atoms with Crippen LogP contribution in [0.2, 0.25) is 0 Å². The lowest BCUT2D eigenvalue weighted by Gasteiger charge is -2.34. The van der Waals surface area contributed by atoms with E-state index in [0.717, 1.165) is 26.8 Å². The topological polar surface area (TPSA) is 112 Å². The highest BCUT2D eigenvalue weighted by molar-refractivity contribution is 5.96. The van der Waals surface area contributed by atoms with Crippen molar-refractivity contribution in [3.05, 3.63) is 68.0 Å². The van der Waals surface area contributed by atoms with Crippen LogP contribution in [-0.2, 0) is 24.8 Å². The molecule has 24 heavy (non-hydrogen) atoms. The molecule has 1 unspecified atom stereocenters. The van der Waals surface area contributed by atoms with Gasteiger partial charge < -0.3 is 15.0 Å². The third-order valence-corrected chi connectivity index (χ3v) is 4.20. The van der Waals surface area contributed by atoms with Crippen LogP contribution in [0.5, 0.6) is 0 Å². The predicted molar refractivity (Wildman–Crippen MR) is 83.7 cm³/mol. The molecule has 0 fully saturated rings. The summed E-state index contributed by atoms with van der Waals surface area (Å²) >= 11 is 0. The van der Waals surface area contributed by atoms with Crippen LogP contribution in [0.4, 0.5) is 0 Å². The molecule has 8 nitrogen and oxygen atoms in total. The van der Waals surface area contributed by atoms with E-state index in [1.807, 2.05) is 24.3 Å². The molecule has 1 aliphatic rings. The number of hydrogen-bond donors (Lipinski definition) is 2. The molecule has 3 rings (SSSR count). The van der Waals surface area contributed by atoms with Crippen LogP contribution in [0.25, 0.3) is 0 Å². The van der Waals surface area contributed by atoms with Gasteiger partial charge in [0.1, 0.15) is 11.6 Å². The summed E-state index contributed by atoms with van der Waals surface area (Å²) < 4.78 is 0.779. The average Bonchev–Trinajstić information content (AvgIpc) is 2.58. The number of nitrogens with one attached hydrogen (secondary N) is 1. The lowest BCUT2D eigenvalue weighted by molar-refractivity contribution is -0.142.